The molecule has 42 valence electrons. The molecular formula is C7H9N. The third kappa shape index (κ3) is 1.06. The third-order valence-corrected chi connectivity index (χ3v) is 0.973. The SMILES string of the molecule is [2H]Cc1ccc(C)nc1. The minimum atomic E-state index is 0.327. The largest absolute Gasteiger partial charge is 0.261 e. The van der Waals surface area contributed by atoms with Gasteiger partial charge in [-0.05, 0) is 25.5 Å². The van der Waals surface area contributed by atoms with Crippen molar-refractivity contribution in [2.24, 2.45) is 0 Å². The number of aryl methyl sites for hydroxylation is 2. The van der Waals surface area contributed by atoms with Gasteiger partial charge in [0.25, 0.3) is 0 Å². The molecular weight excluding hydrogens is 98.1 g/mol. The number of rotatable bonds is 0. The van der Waals surface area contributed by atoms with E-state index in [9.17, 15) is 0 Å². The Hall–Kier alpha value is -0.850. The van der Waals surface area contributed by atoms with Gasteiger partial charge in [0.1, 0.15) is 0 Å². The van der Waals surface area contributed by atoms with Crippen molar-refractivity contribution in [3.05, 3.63) is 29.6 Å². The minimum absolute atomic E-state index is 0.327. The molecule has 1 aromatic rings. The highest BCUT2D eigenvalue weighted by Gasteiger charge is 1.81. The summed E-state index contributed by atoms with van der Waals surface area (Å²) in [5.41, 5.74) is 1.98. The van der Waals surface area contributed by atoms with Gasteiger partial charge in [-0.1, -0.05) is 6.07 Å². The molecule has 0 aliphatic carbocycles. The van der Waals surface area contributed by atoms with Crippen LogP contribution in [0.2, 0.25) is 0 Å². The lowest BCUT2D eigenvalue weighted by atomic mass is 10.3. The van der Waals surface area contributed by atoms with Gasteiger partial charge in [-0.25, -0.2) is 0 Å². The summed E-state index contributed by atoms with van der Waals surface area (Å²) in [6, 6.07) is 3.85. The Morgan fingerprint density at radius 1 is 1.62 bits per heavy atom. The third-order valence-electron chi connectivity index (χ3n) is 0.973. The molecule has 0 saturated heterocycles. The first-order valence-corrected chi connectivity index (χ1v) is 2.53. The van der Waals surface area contributed by atoms with Gasteiger partial charge in [-0.15, -0.1) is 0 Å². The molecule has 0 atom stereocenters. The molecule has 8 heavy (non-hydrogen) atoms. The maximum atomic E-state index is 6.97. The van der Waals surface area contributed by atoms with Crippen LogP contribution in [0.15, 0.2) is 18.3 Å². The predicted molar refractivity (Wildman–Crippen MR) is 33.7 cm³/mol. The Morgan fingerprint density at radius 3 is 3.00 bits per heavy atom. The smallest absolute Gasteiger partial charge is 0.0372 e. The van der Waals surface area contributed by atoms with Crippen LogP contribution in [0.25, 0.3) is 0 Å². The molecule has 0 bridgehead atoms. The van der Waals surface area contributed by atoms with Crippen LogP contribution >= 0.6 is 0 Å². The normalized spacial score (nSPS) is 10.9. The van der Waals surface area contributed by atoms with Crippen molar-refractivity contribution in [1.82, 2.24) is 4.98 Å². The van der Waals surface area contributed by atoms with E-state index >= 15 is 0 Å². The van der Waals surface area contributed by atoms with E-state index in [1.807, 2.05) is 19.1 Å². The number of nitrogens with zero attached hydrogens (tertiary/aromatic N) is 1. The maximum absolute atomic E-state index is 6.97. The summed E-state index contributed by atoms with van der Waals surface area (Å²) in [6.45, 7) is 2.26. The average Bonchev–Trinajstić information content (AvgIpc) is 1.90. The van der Waals surface area contributed by atoms with Gasteiger partial charge in [0.05, 0.1) is 0 Å². The van der Waals surface area contributed by atoms with Gasteiger partial charge in [-0.3, -0.25) is 4.98 Å². The molecule has 0 spiro atoms. The van der Waals surface area contributed by atoms with Crippen LogP contribution in [0.5, 0.6) is 0 Å². The Labute approximate surface area is 50.8 Å². The second kappa shape index (κ2) is 1.95. The fraction of sp³-hybridized carbons (Fsp3) is 0.286. The maximum Gasteiger partial charge on any atom is 0.0372 e. The summed E-state index contributed by atoms with van der Waals surface area (Å²) in [5, 5.41) is 0. The first-order valence-electron chi connectivity index (χ1n) is 3.24. The van der Waals surface area contributed by atoms with Crippen molar-refractivity contribution >= 4 is 0 Å². The van der Waals surface area contributed by atoms with E-state index in [4.69, 9.17) is 1.37 Å². The fourth-order valence-electron chi connectivity index (χ4n) is 0.498. The highest BCUT2D eigenvalue weighted by atomic mass is 14.6. The van der Waals surface area contributed by atoms with E-state index in [-0.39, 0.29) is 0 Å². The van der Waals surface area contributed by atoms with Crippen LogP contribution in [-0.2, 0) is 0 Å². The van der Waals surface area contributed by atoms with Crippen LogP contribution in [0, 0.1) is 13.8 Å². The fourth-order valence-corrected chi connectivity index (χ4v) is 0.498. The Bertz CT molecular complexity index is 181. The summed E-state index contributed by atoms with van der Waals surface area (Å²) in [4.78, 5) is 4.03. The van der Waals surface area contributed by atoms with Crippen molar-refractivity contribution in [2.45, 2.75) is 13.8 Å². The summed E-state index contributed by atoms with van der Waals surface area (Å²) >= 11 is 0. The second-order valence-electron chi connectivity index (χ2n) is 1.81. The molecule has 1 nitrogen and oxygen atoms in total. The lowest BCUT2D eigenvalue weighted by molar-refractivity contribution is 1.17. The predicted octanol–water partition coefficient (Wildman–Crippen LogP) is 1.70. The molecule has 0 amide bonds. The van der Waals surface area contributed by atoms with Crippen LogP contribution in [0.1, 0.15) is 12.6 Å². The van der Waals surface area contributed by atoms with Crippen LogP contribution < -0.4 is 0 Å². The van der Waals surface area contributed by atoms with Crippen LogP contribution in [0.4, 0.5) is 0 Å². The average molecular weight is 108 g/mol. The molecule has 1 aromatic heterocycles. The lowest BCUT2D eigenvalue weighted by Gasteiger charge is -1.89. The molecule has 0 saturated carbocycles. The van der Waals surface area contributed by atoms with E-state index in [0.29, 0.717) is 6.90 Å². The van der Waals surface area contributed by atoms with Crippen LogP contribution in [0.3, 0.4) is 0 Å². The van der Waals surface area contributed by atoms with E-state index in [1.54, 1.807) is 6.20 Å². The molecule has 0 unspecified atom stereocenters. The summed E-state index contributed by atoms with van der Waals surface area (Å²) in [6.07, 6.45) is 1.74. The zero-order chi connectivity index (χ0) is 6.69. The van der Waals surface area contributed by atoms with Gasteiger partial charge < -0.3 is 0 Å². The Morgan fingerprint density at radius 2 is 2.50 bits per heavy atom. The number of pyridine rings is 1. The number of hydrogen-bond acceptors (Lipinski definition) is 1. The lowest BCUT2D eigenvalue weighted by Crippen LogP contribution is -1.78. The van der Waals surface area contributed by atoms with Gasteiger partial charge in [-0.2, -0.15) is 0 Å². The Kier molecular flexibility index (Phi) is 0.992. The standard InChI is InChI=1S/C7H9N/c1-6-3-4-7(2)8-5-6/h3-5H,1-2H3/i1D. The highest BCUT2D eigenvalue weighted by Crippen LogP contribution is 1.94. The molecule has 1 rings (SSSR count). The van der Waals surface area contributed by atoms with Crippen LogP contribution in [-0.4, -0.2) is 4.98 Å². The molecule has 0 aromatic carbocycles. The molecule has 1 heterocycles. The summed E-state index contributed by atoms with van der Waals surface area (Å²) < 4.78 is 6.97. The first kappa shape index (κ1) is 4.07. The van der Waals surface area contributed by atoms with Crippen molar-refractivity contribution < 1.29 is 1.37 Å². The summed E-state index contributed by atoms with van der Waals surface area (Å²) in [5.74, 6) is 0. The summed E-state index contributed by atoms with van der Waals surface area (Å²) in [7, 11) is 0. The molecule has 0 fully saturated rings. The van der Waals surface area contributed by atoms with Crippen molar-refractivity contribution in [2.75, 3.05) is 0 Å². The van der Waals surface area contributed by atoms with Gasteiger partial charge in [0, 0.05) is 13.3 Å². The zero-order valence-corrected chi connectivity index (χ0v) is 4.89. The quantitative estimate of drug-likeness (QED) is 0.493. The molecule has 0 N–H and O–H groups in total. The minimum Gasteiger partial charge on any atom is -0.261 e. The van der Waals surface area contributed by atoms with E-state index in [0.717, 1.165) is 11.3 Å². The monoisotopic (exact) mass is 108 g/mol. The molecule has 0 aliphatic heterocycles. The van der Waals surface area contributed by atoms with Gasteiger partial charge >= 0.3 is 0 Å². The van der Waals surface area contributed by atoms with Crippen molar-refractivity contribution in [3.63, 3.8) is 0 Å². The molecule has 1 heteroatoms. The molecule has 0 radical (unpaired) electrons. The zero-order valence-electron chi connectivity index (χ0n) is 5.89. The van der Waals surface area contributed by atoms with Gasteiger partial charge in [0.2, 0.25) is 0 Å². The number of aromatic nitrogens is 1. The van der Waals surface area contributed by atoms with E-state index < -0.39 is 0 Å². The van der Waals surface area contributed by atoms with Crippen molar-refractivity contribution in [3.8, 4) is 0 Å². The van der Waals surface area contributed by atoms with Crippen molar-refractivity contribution in [1.29, 1.82) is 0 Å². The molecule has 0 aliphatic rings. The number of hydrogen-bond donors (Lipinski definition) is 0. The topological polar surface area (TPSA) is 12.9 Å². The van der Waals surface area contributed by atoms with E-state index in [1.165, 1.54) is 0 Å². The van der Waals surface area contributed by atoms with E-state index in [2.05, 4.69) is 4.98 Å². The van der Waals surface area contributed by atoms with Gasteiger partial charge in [0.15, 0.2) is 0 Å². The Balaban J connectivity index is 2.88. The second-order valence-corrected chi connectivity index (χ2v) is 1.81. The highest BCUT2D eigenvalue weighted by molar-refractivity contribution is 5.10. The first-order chi connectivity index (χ1) is 4.33.